The minimum absolute atomic E-state index is 0.372. The van der Waals surface area contributed by atoms with Crippen molar-refractivity contribution >= 4 is 10.2 Å². The molecule has 0 radical (unpaired) electrons. The number of hydrogen-bond donors (Lipinski definition) is 1. The summed E-state index contributed by atoms with van der Waals surface area (Å²) in [6, 6.07) is 0. The summed E-state index contributed by atoms with van der Waals surface area (Å²) < 4.78 is 27.4. The van der Waals surface area contributed by atoms with Crippen molar-refractivity contribution in [3.05, 3.63) is 0 Å². The van der Waals surface area contributed by atoms with Gasteiger partial charge in [0.2, 0.25) is 0 Å². The van der Waals surface area contributed by atoms with Crippen LogP contribution in [0.15, 0.2) is 0 Å². The standard InChI is InChI=1S/C11H24N2O3S/c1-11(14)7-10-12(2)17(15,16)13-8-5-3-4-6-9-13/h11,14H,3-10H2,1-2H3. The zero-order valence-corrected chi connectivity index (χ0v) is 11.6. The van der Waals surface area contributed by atoms with Crippen LogP contribution in [0.2, 0.25) is 0 Å². The summed E-state index contributed by atoms with van der Waals surface area (Å²) in [5, 5.41) is 9.19. The van der Waals surface area contributed by atoms with Crippen molar-refractivity contribution < 1.29 is 13.5 Å². The van der Waals surface area contributed by atoms with E-state index in [1.54, 1.807) is 18.3 Å². The minimum Gasteiger partial charge on any atom is -0.393 e. The Labute approximate surface area is 105 Å². The molecule has 5 nitrogen and oxygen atoms in total. The molecule has 0 amide bonds. The Kier molecular flexibility index (Phi) is 5.85. The van der Waals surface area contributed by atoms with Gasteiger partial charge in [0.05, 0.1) is 6.10 Å². The lowest BCUT2D eigenvalue weighted by Crippen LogP contribution is -2.43. The first-order valence-corrected chi connectivity index (χ1v) is 7.74. The molecule has 1 N–H and O–H groups in total. The maximum Gasteiger partial charge on any atom is 0.281 e. The summed E-state index contributed by atoms with van der Waals surface area (Å²) in [7, 11) is -1.74. The van der Waals surface area contributed by atoms with Crippen LogP contribution >= 0.6 is 0 Å². The second kappa shape index (κ2) is 6.68. The molecular formula is C11H24N2O3S. The average molecular weight is 264 g/mol. The lowest BCUT2D eigenvalue weighted by Gasteiger charge is -2.26. The van der Waals surface area contributed by atoms with Crippen molar-refractivity contribution in [1.29, 1.82) is 0 Å². The molecule has 1 atom stereocenters. The van der Waals surface area contributed by atoms with E-state index >= 15 is 0 Å². The van der Waals surface area contributed by atoms with Crippen molar-refractivity contribution in [2.45, 2.75) is 45.1 Å². The third-order valence-corrected chi connectivity index (χ3v) is 5.13. The molecule has 1 heterocycles. The number of nitrogens with zero attached hydrogens (tertiary/aromatic N) is 2. The SMILES string of the molecule is CC(O)CCN(C)S(=O)(=O)N1CCCCCC1. The van der Waals surface area contributed by atoms with E-state index in [1.807, 2.05) is 0 Å². The van der Waals surface area contributed by atoms with Gasteiger partial charge in [0.15, 0.2) is 0 Å². The molecule has 0 aromatic carbocycles. The molecule has 0 bridgehead atoms. The van der Waals surface area contributed by atoms with E-state index in [4.69, 9.17) is 0 Å². The van der Waals surface area contributed by atoms with E-state index in [-0.39, 0.29) is 0 Å². The third-order valence-electron chi connectivity index (χ3n) is 3.15. The van der Waals surface area contributed by atoms with Gasteiger partial charge in [-0.25, -0.2) is 0 Å². The van der Waals surface area contributed by atoms with Gasteiger partial charge in [0.1, 0.15) is 0 Å². The lowest BCUT2D eigenvalue weighted by atomic mass is 10.2. The second-order valence-electron chi connectivity index (χ2n) is 4.78. The number of rotatable bonds is 5. The summed E-state index contributed by atoms with van der Waals surface area (Å²) >= 11 is 0. The van der Waals surface area contributed by atoms with Crippen LogP contribution in [0, 0.1) is 0 Å². The Balaban J connectivity index is 2.58. The molecule has 0 aromatic heterocycles. The molecule has 0 spiro atoms. The van der Waals surface area contributed by atoms with Crippen molar-refractivity contribution in [3.8, 4) is 0 Å². The van der Waals surface area contributed by atoms with Crippen molar-refractivity contribution in [1.82, 2.24) is 8.61 Å². The van der Waals surface area contributed by atoms with Gasteiger partial charge in [-0.2, -0.15) is 17.0 Å². The monoisotopic (exact) mass is 264 g/mol. The van der Waals surface area contributed by atoms with Crippen LogP contribution in [0.25, 0.3) is 0 Å². The Morgan fingerprint density at radius 1 is 1.24 bits per heavy atom. The van der Waals surface area contributed by atoms with E-state index in [2.05, 4.69) is 0 Å². The predicted molar refractivity (Wildman–Crippen MR) is 67.9 cm³/mol. The molecule has 1 rings (SSSR count). The summed E-state index contributed by atoms with van der Waals surface area (Å²) in [5.74, 6) is 0. The zero-order valence-electron chi connectivity index (χ0n) is 10.8. The van der Waals surface area contributed by atoms with Crippen LogP contribution in [0.3, 0.4) is 0 Å². The third kappa shape index (κ3) is 4.54. The highest BCUT2D eigenvalue weighted by Crippen LogP contribution is 2.15. The van der Waals surface area contributed by atoms with Gasteiger partial charge < -0.3 is 5.11 Å². The van der Waals surface area contributed by atoms with E-state index in [0.29, 0.717) is 26.1 Å². The van der Waals surface area contributed by atoms with Crippen LogP contribution in [0.4, 0.5) is 0 Å². The molecule has 102 valence electrons. The Morgan fingerprint density at radius 3 is 2.24 bits per heavy atom. The van der Waals surface area contributed by atoms with Gasteiger partial charge in [-0.3, -0.25) is 0 Å². The lowest BCUT2D eigenvalue weighted by molar-refractivity contribution is 0.176. The molecular weight excluding hydrogens is 240 g/mol. The van der Waals surface area contributed by atoms with Crippen LogP contribution in [-0.4, -0.2) is 54.9 Å². The molecule has 6 heteroatoms. The fourth-order valence-electron chi connectivity index (χ4n) is 1.95. The highest BCUT2D eigenvalue weighted by atomic mass is 32.2. The minimum atomic E-state index is -3.33. The summed E-state index contributed by atoms with van der Waals surface area (Å²) in [4.78, 5) is 0. The van der Waals surface area contributed by atoms with Gasteiger partial charge >= 0.3 is 0 Å². The number of hydrogen-bond acceptors (Lipinski definition) is 3. The zero-order chi connectivity index (χ0) is 12.9. The summed E-state index contributed by atoms with van der Waals surface area (Å²) in [6.45, 7) is 3.30. The molecule has 1 unspecified atom stereocenters. The van der Waals surface area contributed by atoms with Crippen molar-refractivity contribution in [2.75, 3.05) is 26.7 Å². The normalized spacial score (nSPS) is 21.4. The van der Waals surface area contributed by atoms with E-state index in [9.17, 15) is 13.5 Å². The first-order chi connectivity index (χ1) is 7.94. The van der Waals surface area contributed by atoms with Crippen LogP contribution in [-0.2, 0) is 10.2 Å². The first-order valence-electron chi connectivity index (χ1n) is 6.34. The summed E-state index contributed by atoms with van der Waals surface area (Å²) in [6.07, 6.45) is 4.14. The van der Waals surface area contributed by atoms with Crippen LogP contribution < -0.4 is 0 Å². The maximum absolute atomic E-state index is 12.2. The second-order valence-corrected chi connectivity index (χ2v) is 6.82. The molecule has 0 saturated carbocycles. The fraction of sp³-hybridized carbons (Fsp3) is 1.00. The molecule has 1 fully saturated rings. The molecule has 0 aliphatic carbocycles. The average Bonchev–Trinajstić information content (AvgIpc) is 2.54. The summed E-state index contributed by atoms with van der Waals surface area (Å²) in [5.41, 5.74) is 0. The molecule has 1 saturated heterocycles. The van der Waals surface area contributed by atoms with Crippen molar-refractivity contribution in [2.24, 2.45) is 0 Å². The predicted octanol–water partition coefficient (Wildman–Crippen LogP) is 0.810. The van der Waals surface area contributed by atoms with Gasteiger partial charge in [0, 0.05) is 26.7 Å². The highest BCUT2D eigenvalue weighted by molar-refractivity contribution is 7.86. The van der Waals surface area contributed by atoms with Crippen molar-refractivity contribution in [3.63, 3.8) is 0 Å². The first kappa shape index (κ1) is 14.9. The molecule has 1 aliphatic heterocycles. The molecule has 1 aliphatic rings. The maximum atomic E-state index is 12.2. The van der Waals surface area contributed by atoms with Gasteiger partial charge in [0.25, 0.3) is 10.2 Å². The number of aliphatic hydroxyl groups excluding tert-OH is 1. The molecule has 0 aromatic rings. The Hall–Kier alpha value is -0.170. The van der Waals surface area contributed by atoms with Gasteiger partial charge in [-0.1, -0.05) is 12.8 Å². The smallest absolute Gasteiger partial charge is 0.281 e. The van der Waals surface area contributed by atoms with E-state index < -0.39 is 16.3 Å². The molecule has 17 heavy (non-hydrogen) atoms. The van der Waals surface area contributed by atoms with Crippen LogP contribution in [0.1, 0.15) is 39.0 Å². The van der Waals surface area contributed by atoms with Gasteiger partial charge in [-0.15, -0.1) is 0 Å². The Morgan fingerprint density at radius 2 is 1.76 bits per heavy atom. The van der Waals surface area contributed by atoms with Crippen LogP contribution in [0.5, 0.6) is 0 Å². The highest BCUT2D eigenvalue weighted by Gasteiger charge is 2.27. The van der Waals surface area contributed by atoms with Gasteiger partial charge in [-0.05, 0) is 26.2 Å². The topological polar surface area (TPSA) is 60.9 Å². The largest absolute Gasteiger partial charge is 0.393 e. The number of aliphatic hydroxyl groups is 1. The fourth-order valence-corrected chi connectivity index (χ4v) is 3.40. The quantitative estimate of drug-likeness (QED) is 0.799. The van der Waals surface area contributed by atoms with E-state index in [1.165, 1.54) is 4.31 Å². The Bertz CT molecular complexity index is 309. The van der Waals surface area contributed by atoms with E-state index in [0.717, 1.165) is 25.7 Å².